The third-order valence-electron chi connectivity index (χ3n) is 2.08. The van der Waals surface area contributed by atoms with Crippen LogP contribution in [0.25, 0.3) is 0 Å². The van der Waals surface area contributed by atoms with E-state index in [-0.39, 0.29) is 10.3 Å². The summed E-state index contributed by atoms with van der Waals surface area (Å²) in [4.78, 5) is 15.4. The number of rotatable bonds is 1. The number of amides is 1. The van der Waals surface area contributed by atoms with E-state index in [0.29, 0.717) is 0 Å². The number of aromatic nitrogens is 1. The molecule has 0 unspecified atom stereocenters. The van der Waals surface area contributed by atoms with Crippen molar-refractivity contribution in [3.05, 3.63) is 22.3 Å². The van der Waals surface area contributed by atoms with Crippen molar-refractivity contribution < 1.29 is 18.0 Å². The molecule has 100 valence electrons. The normalized spacial score (nSPS) is 12.4. The lowest BCUT2D eigenvalue weighted by Crippen LogP contribution is -2.28. The lowest BCUT2D eigenvalue weighted by Gasteiger charge is -2.18. The Morgan fingerprint density at radius 1 is 1.33 bits per heavy atom. The Bertz CT molecular complexity index is 466. The first-order valence-corrected chi connectivity index (χ1v) is 5.85. The molecule has 0 radical (unpaired) electrons. The topological polar surface area (TPSA) is 42.0 Å². The molecule has 0 aliphatic rings. The molecular formula is C11H12BrF3N2O. The summed E-state index contributed by atoms with van der Waals surface area (Å²) in [5.41, 5.74) is -1.57. The number of nitrogens with one attached hydrogen (secondary N) is 1. The van der Waals surface area contributed by atoms with E-state index in [9.17, 15) is 18.0 Å². The summed E-state index contributed by atoms with van der Waals surface area (Å²) in [5.74, 6) is -0.518. The summed E-state index contributed by atoms with van der Waals surface area (Å²) < 4.78 is 37.7. The summed E-state index contributed by atoms with van der Waals surface area (Å²) in [6.07, 6.45) is -3.48. The van der Waals surface area contributed by atoms with Gasteiger partial charge in [-0.2, -0.15) is 13.2 Å². The van der Waals surface area contributed by atoms with Gasteiger partial charge in [0.05, 0.1) is 5.56 Å². The van der Waals surface area contributed by atoms with Gasteiger partial charge in [-0.15, -0.1) is 0 Å². The zero-order valence-electron chi connectivity index (χ0n) is 10.0. The molecule has 0 atom stereocenters. The smallest absolute Gasteiger partial charge is 0.310 e. The number of anilines is 1. The van der Waals surface area contributed by atoms with Gasteiger partial charge in [-0.3, -0.25) is 4.79 Å². The fraction of sp³-hybridized carbons (Fsp3) is 0.455. The van der Waals surface area contributed by atoms with E-state index in [1.165, 1.54) is 0 Å². The molecule has 0 spiro atoms. The number of halogens is 4. The van der Waals surface area contributed by atoms with E-state index in [0.717, 1.165) is 12.3 Å². The Labute approximate surface area is 111 Å². The summed E-state index contributed by atoms with van der Waals surface area (Å²) >= 11 is 2.78. The predicted octanol–water partition coefficient (Wildman–Crippen LogP) is 3.85. The quantitative estimate of drug-likeness (QED) is 0.852. The fourth-order valence-corrected chi connectivity index (χ4v) is 1.47. The molecular weight excluding hydrogens is 313 g/mol. The minimum absolute atomic E-state index is 0.120. The Morgan fingerprint density at radius 3 is 2.33 bits per heavy atom. The third-order valence-corrected chi connectivity index (χ3v) is 2.72. The minimum atomic E-state index is -4.50. The Hall–Kier alpha value is -1.11. The summed E-state index contributed by atoms with van der Waals surface area (Å²) in [6, 6.07) is 0.799. The molecule has 0 fully saturated rings. The maximum Gasteiger partial charge on any atom is 0.417 e. The van der Waals surface area contributed by atoms with Gasteiger partial charge in [0.25, 0.3) is 0 Å². The molecule has 0 saturated heterocycles. The number of nitrogens with zero attached hydrogens (tertiary/aromatic N) is 1. The van der Waals surface area contributed by atoms with Crippen LogP contribution in [0.4, 0.5) is 19.0 Å². The Morgan fingerprint density at radius 2 is 1.89 bits per heavy atom. The molecule has 1 heterocycles. The van der Waals surface area contributed by atoms with E-state index >= 15 is 0 Å². The lowest BCUT2D eigenvalue weighted by atomic mass is 9.96. The van der Waals surface area contributed by atoms with Crippen molar-refractivity contribution in [1.29, 1.82) is 0 Å². The average molecular weight is 325 g/mol. The standard InChI is InChI=1S/C11H12BrF3N2O/c1-10(2,3)9(18)17-8-4-6(11(13,14)15)7(12)5-16-8/h4-5H,1-3H3,(H,16,17,18). The van der Waals surface area contributed by atoms with Crippen LogP contribution in [0.3, 0.4) is 0 Å². The first-order valence-electron chi connectivity index (χ1n) is 5.06. The molecule has 1 rings (SSSR count). The van der Waals surface area contributed by atoms with Gasteiger partial charge in [0.15, 0.2) is 0 Å². The Kier molecular flexibility index (Phi) is 4.05. The molecule has 0 aliphatic heterocycles. The highest BCUT2D eigenvalue weighted by atomic mass is 79.9. The molecule has 1 N–H and O–H groups in total. The van der Waals surface area contributed by atoms with Crippen LogP contribution in [-0.4, -0.2) is 10.9 Å². The highest BCUT2D eigenvalue weighted by molar-refractivity contribution is 9.10. The zero-order valence-corrected chi connectivity index (χ0v) is 11.6. The van der Waals surface area contributed by atoms with Crippen LogP contribution in [0.5, 0.6) is 0 Å². The van der Waals surface area contributed by atoms with Gasteiger partial charge in [0.2, 0.25) is 5.91 Å². The van der Waals surface area contributed by atoms with E-state index < -0.39 is 23.1 Å². The highest BCUT2D eigenvalue weighted by Gasteiger charge is 2.34. The summed E-state index contributed by atoms with van der Waals surface area (Å²) in [7, 11) is 0. The van der Waals surface area contributed by atoms with Crippen LogP contribution < -0.4 is 5.32 Å². The van der Waals surface area contributed by atoms with Crippen molar-refractivity contribution in [2.75, 3.05) is 5.32 Å². The Balaban J connectivity index is 3.04. The molecule has 0 saturated carbocycles. The van der Waals surface area contributed by atoms with Crippen molar-refractivity contribution in [2.45, 2.75) is 26.9 Å². The maximum atomic E-state index is 12.6. The molecule has 18 heavy (non-hydrogen) atoms. The second kappa shape index (κ2) is 4.87. The molecule has 0 aromatic carbocycles. The van der Waals surface area contributed by atoms with Crippen LogP contribution in [0, 0.1) is 5.41 Å². The number of hydrogen-bond donors (Lipinski definition) is 1. The number of pyridine rings is 1. The summed E-state index contributed by atoms with van der Waals surface area (Å²) in [5, 5.41) is 2.35. The molecule has 1 aromatic rings. The van der Waals surface area contributed by atoms with Crippen LogP contribution in [0.2, 0.25) is 0 Å². The molecule has 7 heteroatoms. The van der Waals surface area contributed by atoms with Gasteiger partial charge >= 0.3 is 6.18 Å². The van der Waals surface area contributed by atoms with Crippen molar-refractivity contribution in [1.82, 2.24) is 4.98 Å². The van der Waals surface area contributed by atoms with Crippen molar-refractivity contribution in [2.24, 2.45) is 5.41 Å². The van der Waals surface area contributed by atoms with E-state index in [1.807, 2.05) is 0 Å². The monoisotopic (exact) mass is 324 g/mol. The van der Waals surface area contributed by atoms with Gasteiger partial charge in [0.1, 0.15) is 5.82 Å². The van der Waals surface area contributed by atoms with Crippen LogP contribution in [0.15, 0.2) is 16.7 Å². The van der Waals surface area contributed by atoms with Crippen LogP contribution >= 0.6 is 15.9 Å². The first-order chi connectivity index (χ1) is 8.01. The van der Waals surface area contributed by atoms with Crippen LogP contribution in [0.1, 0.15) is 26.3 Å². The fourth-order valence-electron chi connectivity index (χ4n) is 1.03. The number of alkyl halides is 3. The van der Waals surface area contributed by atoms with Gasteiger partial charge in [-0.05, 0) is 22.0 Å². The van der Waals surface area contributed by atoms with Crippen molar-refractivity contribution in [3.8, 4) is 0 Å². The van der Waals surface area contributed by atoms with Gasteiger partial charge in [-0.1, -0.05) is 20.8 Å². The predicted molar refractivity (Wildman–Crippen MR) is 65.0 cm³/mol. The number of carbonyl (C=O) groups excluding carboxylic acids is 1. The van der Waals surface area contributed by atoms with Gasteiger partial charge in [-0.25, -0.2) is 4.98 Å². The highest BCUT2D eigenvalue weighted by Crippen LogP contribution is 2.35. The van der Waals surface area contributed by atoms with Crippen molar-refractivity contribution in [3.63, 3.8) is 0 Å². The molecule has 3 nitrogen and oxygen atoms in total. The molecule has 1 aromatic heterocycles. The van der Waals surface area contributed by atoms with Gasteiger partial charge in [0, 0.05) is 16.1 Å². The maximum absolute atomic E-state index is 12.6. The number of carbonyl (C=O) groups is 1. The van der Waals surface area contributed by atoms with Crippen molar-refractivity contribution >= 4 is 27.7 Å². The largest absolute Gasteiger partial charge is 0.417 e. The molecule has 0 bridgehead atoms. The third kappa shape index (κ3) is 3.69. The second-order valence-electron chi connectivity index (χ2n) is 4.75. The zero-order chi connectivity index (χ0) is 14.1. The SMILES string of the molecule is CC(C)(C)C(=O)Nc1cc(C(F)(F)F)c(Br)cn1. The van der Waals surface area contributed by atoms with Crippen LogP contribution in [-0.2, 0) is 11.0 Å². The van der Waals surface area contributed by atoms with E-state index in [1.54, 1.807) is 20.8 Å². The first kappa shape index (κ1) is 14.9. The average Bonchev–Trinajstić information content (AvgIpc) is 2.17. The second-order valence-corrected chi connectivity index (χ2v) is 5.61. The van der Waals surface area contributed by atoms with E-state index in [2.05, 4.69) is 26.2 Å². The minimum Gasteiger partial charge on any atom is -0.310 e. The summed E-state index contributed by atoms with van der Waals surface area (Å²) in [6.45, 7) is 4.98. The molecule has 1 amide bonds. The van der Waals surface area contributed by atoms with Gasteiger partial charge < -0.3 is 5.32 Å². The molecule has 0 aliphatic carbocycles. The lowest BCUT2D eigenvalue weighted by molar-refractivity contribution is -0.138. The van der Waals surface area contributed by atoms with E-state index in [4.69, 9.17) is 0 Å². The number of hydrogen-bond acceptors (Lipinski definition) is 2.